The number of imidazole rings is 1. The Morgan fingerprint density at radius 3 is 2.84 bits per heavy atom. The smallest absolute Gasteiger partial charge is 0.305 e. The van der Waals surface area contributed by atoms with Crippen LogP contribution >= 0.6 is 0 Å². The summed E-state index contributed by atoms with van der Waals surface area (Å²) in [6, 6.07) is 0.173. The van der Waals surface area contributed by atoms with Crippen molar-refractivity contribution in [1.29, 1.82) is 0 Å². The van der Waals surface area contributed by atoms with Gasteiger partial charge in [0.05, 0.1) is 12.7 Å². The fourth-order valence-corrected chi connectivity index (χ4v) is 1.94. The Labute approximate surface area is 111 Å². The van der Waals surface area contributed by atoms with Crippen LogP contribution in [0.1, 0.15) is 29.8 Å². The number of hydrogen-bond acceptors (Lipinski definition) is 4. The number of rotatable bonds is 7. The van der Waals surface area contributed by atoms with Gasteiger partial charge in [-0.25, -0.2) is 4.98 Å². The van der Waals surface area contributed by atoms with Crippen LogP contribution < -0.4 is 5.73 Å². The molecule has 0 unspecified atom stereocenters. The van der Waals surface area contributed by atoms with E-state index in [0.717, 1.165) is 12.8 Å². The van der Waals surface area contributed by atoms with Crippen molar-refractivity contribution < 1.29 is 14.7 Å². The molecule has 2 rings (SSSR count). The highest BCUT2D eigenvalue weighted by atomic mass is 16.4. The van der Waals surface area contributed by atoms with Crippen LogP contribution in [0.25, 0.3) is 0 Å². The van der Waals surface area contributed by atoms with Crippen molar-refractivity contribution in [2.75, 3.05) is 13.1 Å². The summed E-state index contributed by atoms with van der Waals surface area (Å²) in [4.78, 5) is 28.6. The maximum Gasteiger partial charge on any atom is 0.305 e. The first-order valence-electron chi connectivity index (χ1n) is 6.36. The molecule has 7 nitrogen and oxygen atoms in total. The average molecular weight is 266 g/mol. The number of nitrogens with zero attached hydrogens (tertiary/aromatic N) is 3. The molecule has 19 heavy (non-hydrogen) atoms. The normalized spacial score (nSPS) is 14.4. The van der Waals surface area contributed by atoms with E-state index in [1.807, 2.05) is 0 Å². The number of carbonyl (C=O) groups excluding carboxylic acids is 1. The molecule has 1 fully saturated rings. The van der Waals surface area contributed by atoms with Gasteiger partial charge in [0, 0.05) is 31.9 Å². The average Bonchev–Trinajstić information content (AvgIpc) is 3.09. The van der Waals surface area contributed by atoms with Crippen LogP contribution in [0, 0.1) is 0 Å². The molecule has 1 aromatic rings. The minimum absolute atomic E-state index is 0.0360. The van der Waals surface area contributed by atoms with Crippen molar-refractivity contribution in [1.82, 2.24) is 14.5 Å². The van der Waals surface area contributed by atoms with Crippen LogP contribution in [0.2, 0.25) is 0 Å². The van der Waals surface area contributed by atoms with Gasteiger partial charge >= 0.3 is 5.97 Å². The topological polar surface area (TPSA) is 101 Å². The molecular weight excluding hydrogens is 248 g/mol. The second-order valence-corrected chi connectivity index (χ2v) is 4.66. The summed E-state index contributed by atoms with van der Waals surface area (Å²) >= 11 is 0. The maximum atomic E-state index is 12.3. The minimum Gasteiger partial charge on any atom is -0.481 e. The molecule has 0 spiro atoms. The van der Waals surface area contributed by atoms with Crippen molar-refractivity contribution in [2.45, 2.75) is 31.8 Å². The summed E-state index contributed by atoms with van der Waals surface area (Å²) in [7, 11) is 0. The standard InChI is InChI=1S/C12H18N4O3/c13-4-6-15-7-10(14-8-15)12(19)16(9-1-2-9)5-3-11(17)18/h7-9H,1-6,13H2,(H,17,18). The summed E-state index contributed by atoms with van der Waals surface area (Å²) in [5.41, 5.74) is 5.79. The van der Waals surface area contributed by atoms with Crippen LogP contribution in [0.4, 0.5) is 0 Å². The van der Waals surface area contributed by atoms with Gasteiger partial charge in [-0.1, -0.05) is 0 Å². The largest absolute Gasteiger partial charge is 0.481 e. The third kappa shape index (κ3) is 3.54. The first-order chi connectivity index (χ1) is 9.11. The van der Waals surface area contributed by atoms with E-state index in [0.29, 0.717) is 18.8 Å². The van der Waals surface area contributed by atoms with Gasteiger partial charge in [0.1, 0.15) is 5.69 Å². The second-order valence-electron chi connectivity index (χ2n) is 4.66. The lowest BCUT2D eigenvalue weighted by molar-refractivity contribution is -0.137. The van der Waals surface area contributed by atoms with Gasteiger partial charge in [0.25, 0.3) is 5.91 Å². The summed E-state index contributed by atoms with van der Waals surface area (Å²) in [6.45, 7) is 1.33. The number of carboxylic acids is 1. The second kappa shape index (κ2) is 5.83. The first-order valence-corrected chi connectivity index (χ1v) is 6.36. The van der Waals surface area contributed by atoms with E-state index in [4.69, 9.17) is 10.8 Å². The molecule has 1 amide bonds. The van der Waals surface area contributed by atoms with E-state index >= 15 is 0 Å². The van der Waals surface area contributed by atoms with Gasteiger partial charge in [-0.3, -0.25) is 9.59 Å². The summed E-state index contributed by atoms with van der Waals surface area (Å²) in [6.07, 6.45) is 5.07. The predicted octanol–water partition coefficient (Wildman–Crippen LogP) is -0.0789. The quantitative estimate of drug-likeness (QED) is 0.719. The molecule has 1 aliphatic carbocycles. The fourth-order valence-electron chi connectivity index (χ4n) is 1.94. The number of aromatic nitrogens is 2. The summed E-state index contributed by atoms with van der Waals surface area (Å²) in [5.74, 6) is -1.09. The zero-order valence-corrected chi connectivity index (χ0v) is 10.7. The highest BCUT2D eigenvalue weighted by Gasteiger charge is 2.33. The molecule has 0 bridgehead atoms. The van der Waals surface area contributed by atoms with Gasteiger partial charge in [-0.2, -0.15) is 0 Å². The highest BCUT2D eigenvalue weighted by molar-refractivity contribution is 5.92. The molecule has 0 aromatic carbocycles. The SMILES string of the molecule is NCCn1cnc(C(=O)N(CCC(=O)O)C2CC2)c1. The van der Waals surface area contributed by atoms with Gasteiger partial charge in [0.2, 0.25) is 0 Å². The molecule has 1 heterocycles. The lowest BCUT2D eigenvalue weighted by atomic mass is 10.3. The zero-order chi connectivity index (χ0) is 13.8. The highest BCUT2D eigenvalue weighted by Crippen LogP contribution is 2.28. The number of carbonyl (C=O) groups is 2. The molecule has 0 aliphatic heterocycles. The van der Waals surface area contributed by atoms with Crippen molar-refractivity contribution >= 4 is 11.9 Å². The summed E-state index contributed by atoms with van der Waals surface area (Å²) < 4.78 is 1.76. The van der Waals surface area contributed by atoms with Crippen LogP contribution in [-0.4, -0.2) is 50.6 Å². The molecule has 1 saturated carbocycles. The minimum atomic E-state index is -0.896. The number of aliphatic carboxylic acids is 1. The number of nitrogens with two attached hydrogens (primary N) is 1. The van der Waals surface area contributed by atoms with Gasteiger partial charge in [-0.05, 0) is 12.8 Å². The monoisotopic (exact) mass is 266 g/mol. The molecule has 7 heteroatoms. The first kappa shape index (κ1) is 13.5. The van der Waals surface area contributed by atoms with Crippen LogP contribution in [-0.2, 0) is 11.3 Å². The van der Waals surface area contributed by atoms with E-state index in [1.165, 1.54) is 0 Å². The van der Waals surface area contributed by atoms with Crippen LogP contribution in [0.3, 0.4) is 0 Å². The lowest BCUT2D eigenvalue weighted by Crippen LogP contribution is -2.35. The molecular formula is C12H18N4O3. The molecule has 0 radical (unpaired) electrons. The van der Waals surface area contributed by atoms with Gasteiger partial charge < -0.3 is 20.3 Å². The molecule has 3 N–H and O–H groups in total. The van der Waals surface area contributed by atoms with Gasteiger partial charge in [0.15, 0.2) is 0 Å². The molecule has 1 aromatic heterocycles. The van der Waals surface area contributed by atoms with E-state index in [-0.39, 0.29) is 24.9 Å². The van der Waals surface area contributed by atoms with Crippen molar-refractivity contribution in [2.24, 2.45) is 5.73 Å². The Morgan fingerprint density at radius 2 is 2.26 bits per heavy atom. The van der Waals surface area contributed by atoms with Crippen LogP contribution in [0.15, 0.2) is 12.5 Å². The predicted molar refractivity (Wildman–Crippen MR) is 67.6 cm³/mol. The molecule has 104 valence electrons. The fraction of sp³-hybridized carbons (Fsp3) is 0.583. The third-order valence-corrected chi connectivity index (χ3v) is 3.05. The Hall–Kier alpha value is -1.89. The van der Waals surface area contributed by atoms with Crippen molar-refractivity contribution in [3.05, 3.63) is 18.2 Å². The number of hydrogen-bond donors (Lipinski definition) is 2. The molecule has 0 saturated heterocycles. The zero-order valence-electron chi connectivity index (χ0n) is 10.7. The van der Waals surface area contributed by atoms with E-state index in [2.05, 4.69) is 4.98 Å². The van der Waals surface area contributed by atoms with E-state index in [1.54, 1.807) is 22.0 Å². The van der Waals surface area contributed by atoms with Crippen molar-refractivity contribution in [3.8, 4) is 0 Å². The van der Waals surface area contributed by atoms with E-state index in [9.17, 15) is 9.59 Å². The van der Waals surface area contributed by atoms with E-state index < -0.39 is 5.97 Å². The maximum absolute atomic E-state index is 12.3. The Bertz CT molecular complexity index is 467. The number of amides is 1. The number of carboxylic acid groups (broad SMARTS) is 1. The third-order valence-electron chi connectivity index (χ3n) is 3.05. The Balaban J connectivity index is 2.03. The lowest BCUT2D eigenvalue weighted by Gasteiger charge is -2.20. The molecule has 1 aliphatic rings. The summed E-state index contributed by atoms with van der Waals surface area (Å²) in [5, 5.41) is 8.72. The van der Waals surface area contributed by atoms with Crippen molar-refractivity contribution in [3.63, 3.8) is 0 Å². The Kier molecular flexibility index (Phi) is 4.16. The molecule has 0 atom stereocenters. The Morgan fingerprint density at radius 1 is 1.53 bits per heavy atom. The van der Waals surface area contributed by atoms with Crippen LogP contribution in [0.5, 0.6) is 0 Å². The van der Waals surface area contributed by atoms with Gasteiger partial charge in [-0.15, -0.1) is 0 Å².